The zero-order valence-corrected chi connectivity index (χ0v) is 14.8. The molecular formula is C20H21FN4O. The molecule has 0 bridgehead atoms. The molecular weight excluding hydrogens is 331 g/mol. The Labute approximate surface area is 151 Å². The molecule has 0 radical (unpaired) electrons. The molecule has 0 saturated carbocycles. The van der Waals surface area contributed by atoms with E-state index in [1.165, 1.54) is 12.1 Å². The maximum atomic E-state index is 13.3. The van der Waals surface area contributed by atoms with Crippen molar-refractivity contribution in [2.24, 2.45) is 0 Å². The first-order valence-corrected chi connectivity index (χ1v) is 8.69. The summed E-state index contributed by atoms with van der Waals surface area (Å²) in [6, 6.07) is 14.3. The summed E-state index contributed by atoms with van der Waals surface area (Å²) in [4.78, 5) is 24.2. The Morgan fingerprint density at radius 2 is 1.85 bits per heavy atom. The van der Waals surface area contributed by atoms with Gasteiger partial charge in [-0.25, -0.2) is 9.37 Å². The number of halogens is 1. The van der Waals surface area contributed by atoms with Gasteiger partial charge in [0.15, 0.2) is 0 Å². The number of fused-ring (bicyclic) bond motifs is 1. The van der Waals surface area contributed by atoms with Crippen LogP contribution in [0.4, 0.5) is 10.3 Å². The van der Waals surface area contributed by atoms with Gasteiger partial charge in [0.25, 0.3) is 5.56 Å². The second kappa shape index (κ2) is 6.53. The predicted molar refractivity (Wildman–Crippen MR) is 101 cm³/mol. The summed E-state index contributed by atoms with van der Waals surface area (Å²) in [5.74, 6) is 0.568. The lowest BCUT2D eigenvalue weighted by atomic mass is 9.94. The van der Waals surface area contributed by atoms with Gasteiger partial charge in [-0.15, -0.1) is 0 Å². The zero-order chi connectivity index (χ0) is 18.3. The van der Waals surface area contributed by atoms with Crippen molar-refractivity contribution >= 4 is 16.9 Å². The van der Waals surface area contributed by atoms with Crippen LogP contribution in [0.15, 0.2) is 53.3 Å². The third-order valence-electron chi connectivity index (χ3n) is 5.15. The van der Waals surface area contributed by atoms with E-state index in [9.17, 15) is 9.18 Å². The number of aromatic nitrogens is 2. The lowest BCUT2D eigenvalue weighted by molar-refractivity contribution is 0.292. The van der Waals surface area contributed by atoms with Crippen molar-refractivity contribution in [3.63, 3.8) is 0 Å². The van der Waals surface area contributed by atoms with Crippen molar-refractivity contribution in [1.29, 1.82) is 0 Å². The van der Waals surface area contributed by atoms with Gasteiger partial charge in [-0.3, -0.25) is 9.78 Å². The topological polar surface area (TPSA) is 52.2 Å². The molecule has 1 saturated heterocycles. The first-order valence-electron chi connectivity index (χ1n) is 8.69. The molecule has 1 aliphatic heterocycles. The Hall–Kier alpha value is -2.73. The number of anilines is 1. The third kappa shape index (κ3) is 2.97. The average Bonchev–Trinajstić information content (AvgIpc) is 3.08. The summed E-state index contributed by atoms with van der Waals surface area (Å²) in [5.41, 5.74) is 1.66. The first kappa shape index (κ1) is 16.7. The van der Waals surface area contributed by atoms with Gasteiger partial charge in [-0.05, 0) is 43.9 Å². The Bertz CT molecular complexity index is 983. The number of rotatable bonds is 3. The van der Waals surface area contributed by atoms with E-state index in [1.54, 1.807) is 6.07 Å². The molecule has 3 aromatic rings. The maximum absolute atomic E-state index is 13.3. The van der Waals surface area contributed by atoms with E-state index in [-0.39, 0.29) is 23.3 Å². The highest BCUT2D eigenvalue weighted by molar-refractivity contribution is 5.78. The van der Waals surface area contributed by atoms with Crippen molar-refractivity contribution in [3.8, 4) is 0 Å². The number of nitrogens with one attached hydrogen (secondary N) is 1. The first-order chi connectivity index (χ1) is 12.5. The Morgan fingerprint density at radius 3 is 2.58 bits per heavy atom. The average molecular weight is 352 g/mol. The molecule has 2 aromatic carbocycles. The minimum atomic E-state index is -0.231. The van der Waals surface area contributed by atoms with Crippen molar-refractivity contribution in [3.05, 3.63) is 70.3 Å². The van der Waals surface area contributed by atoms with E-state index in [1.807, 2.05) is 44.4 Å². The molecule has 6 heteroatoms. The SMILES string of the molecule is CN(C)[C@H]1CN(c2nc3ccccc3c(=O)[nH]2)C[C@@H]1c1ccc(F)cc1. The van der Waals surface area contributed by atoms with E-state index >= 15 is 0 Å². The summed E-state index contributed by atoms with van der Waals surface area (Å²) in [7, 11) is 4.09. The van der Waals surface area contributed by atoms with Gasteiger partial charge in [-0.1, -0.05) is 24.3 Å². The molecule has 4 rings (SSSR count). The van der Waals surface area contributed by atoms with Gasteiger partial charge in [0.05, 0.1) is 10.9 Å². The van der Waals surface area contributed by atoms with Crippen LogP contribution in [0.25, 0.3) is 10.9 Å². The molecule has 0 unspecified atom stereocenters. The number of likely N-dealkylation sites (N-methyl/N-ethyl adjacent to an activating group) is 1. The van der Waals surface area contributed by atoms with E-state index in [2.05, 4.69) is 19.8 Å². The summed E-state index contributed by atoms with van der Waals surface area (Å²) < 4.78 is 13.3. The minimum absolute atomic E-state index is 0.128. The monoisotopic (exact) mass is 352 g/mol. The number of H-pyrrole nitrogens is 1. The lowest BCUT2D eigenvalue weighted by Crippen LogP contribution is -2.35. The van der Waals surface area contributed by atoms with Crippen LogP contribution < -0.4 is 10.5 Å². The molecule has 0 amide bonds. The van der Waals surface area contributed by atoms with Crippen LogP contribution in [-0.2, 0) is 0 Å². The molecule has 1 aromatic heterocycles. The predicted octanol–water partition coefficient (Wildman–Crippen LogP) is 2.60. The van der Waals surface area contributed by atoms with Gasteiger partial charge in [0.2, 0.25) is 5.95 Å². The Kier molecular flexibility index (Phi) is 4.20. The van der Waals surface area contributed by atoms with Crippen LogP contribution >= 0.6 is 0 Å². The van der Waals surface area contributed by atoms with Gasteiger partial charge < -0.3 is 9.80 Å². The van der Waals surface area contributed by atoms with E-state index in [0.717, 1.165) is 18.7 Å². The van der Waals surface area contributed by atoms with Crippen LogP contribution in [-0.4, -0.2) is 48.1 Å². The second-order valence-corrected chi connectivity index (χ2v) is 7.00. The fourth-order valence-corrected chi connectivity index (χ4v) is 3.74. The molecule has 2 atom stereocenters. The second-order valence-electron chi connectivity index (χ2n) is 7.00. The van der Waals surface area contributed by atoms with Crippen LogP contribution in [0.1, 0.15) is 11.5 Å². The molecule has 1 aliphatic rings. The van der Waals surface area contributed by atoms with Gasteiger partial charge in [0, 0.05) is 25.0 Å². The number of nitrogens with zero attached hydrogens (tertiary/aromatic N) is 3. The highest BCUT2D eigenvalue weighted by Gasteiger charge is 2.36. The number of aromatic amines is 1. The largest absolute Gasteiger partial charge is 0.340 e. The summed E-state index contributed by atoms with van der Waals surface area (Å²) in [6.07, 6.45) is 0. The Morgan fingerprint density at radius 1 is 1.12 bits per heavy atom. The fraction of sp³-hybridized carbons (Fsp3) is 0.300. The Balaban J connectivity index is 1.70. The number of hydrogen-bond acceptors (Lipinski definition) is 4. The lowest BCUT2D eigenvalue weighted by Gasteiger charge is -2.25. The normalized spacial score (nSPS) is 20.2. The summed E-state index contributed by atoms with van der Waals surface area (Å²) in [6.45, 7) is 1.46. The highest BCUT2D eigenvalue weighted by atomic mass is 19.1. The number of benzene rings is 2. The summed E-state index contributed by atoms with van der Waals surface area (Å²) in [5, 5.41) is 0.592. The van der Waals surface area contributed by atoms with Crippen LogP contribution in [0.2, 0.25) is 0 Å². The highest BCUT2D eigenvalue weighted by Crippen LogP contribution is 2.32. The molecule has 5 nitrogen and oxygen atoms in total. The van der Waals surface area contributed by atoms with Crippen LogP contribution in [0.3, 0.4) is 0 Å². The van der Waals surface area contributed by atoms with Crippen molar-refractivity contribution in [1.82, 2.24) is 14.9 Å². The van der Waals surface area contributed by atoms with Crippen LogP contribution in [0.5, 0.6) is 0 Å². The molecule has 0 spiro atoms. The summed E-state index contributed by atoms with van der Waals surface area (Å²) >= 11 is 0. The van der Waals surface area contributed by atoms with Crippen molar-refractivity contribution < 1.29 is 4.39 Å². The number of hydrogen-bond donors (Lipinski definition) is 1. The molecule has 1 fully saturated rings. The maximum Gasteiger partial charge on any atom is 0.260 e. The van der Waals surface area contributed by atoms with Crippen LogP contribution in [0, 0.1) is 5.82 Å². The smallest absolute Gasteiger partial charge is 0.260 e. The minimum Gasteiger partial charge on any atom is -0.340 e. The standard InChI is InChI=1S/C20H21FN4O/c1-24(2)18-12-25(11-16(18)13-7-9-14(21)10-8-13)20-22-17-6-4-3-5-15(17)19(26)23-20/h3-10,16,18H,11-12H2,1-2H3,(H,22,23,26)/t16-,18+/m1/s1. The van der Waals surface area contributed by atoms with E-state index < -0.39 is 0 Å². The fourth-order valence-electron chi connectivity index (χ4n) is 3.74. The van der Waals surface area contributed by atoms with Gasteiger partial charge in [0.1, 0.15) is 5.82 Å². The third-order valence-corrected chi connectivity index (χ3v) is 5.15. The molecule has 134 valence electrons. The quantitative estimate of drug-likeness (QED) is 0.787. The molecule has 1 N–H and O–H groups in total. The van der Waals surface area contributed by atoms with Crippen molar-refractivity contribution in [2.75, 3.05) is 32.1 Å². The molecule has 0 aliphatic carbocycles. The molecule has 26 heavy (non-hydrogen) atoms. The van der Waals surface area contributed by atoms with Gasteiger partial charge >= 0.3 is 0 Å². The van der Waals surface area contributed by atoms with Gasteiger partial charge in [-0.2, -0.15) is 0 Å². The van der Waals surface area contributed by atoms with E-state index in [0.29, 0.717) is 16.9 Å². The zero-order valence-electron chi connectivity index (χ0n) is 14.8. The molecule has 2 heterocycles. The number of para-hydroxylation sites is 1. The van der Waals surface area contributed by atoms with E-state index in [4.69, 9.17) is 0 Å². The van der Waals surface area contributed by atoms with Crippen molar-refractivity contribution in [2.45, 2.75) is 12.0 Å².